The second-order valence-corrected chi connectivity index (χ2v) is 9.92. The van der Waals surface area contributed by atoms with Crippen molar-refractivity contribution in [3.8, 4) is 0 Å². The summed E-state index contributed by atoms with van der Waals surface area (Å²) in [6, 6.07) is -1.47. The Kier molecular flexibility index (Phi) is 11.9. The second kappa shape index (κ2) is 13.6. The van der Waals surface area contributed by atoms with Gasteiger partial charge in [0.2, 0.25) is 21.8 Å². The van der Waals surface area contributed by atoms with Crippen molar-refractivity contribution >= 4 is 27.8 Å². The number of piperidine rings is 1. The Morgan fingerprint density at radius 2 is 1.77 bits per heavy atom. The highest BCUT2D eigenvalue weighted by molar-refractivity contribution is 7.90. The molecule has 0 spiro atoms. The lowest BCUT2D eigenvalue weighted by Crippen LogP contribution is -2.51. The van der Waals surface area contributed by atoms with Gasteiger partial charge < -0.3 is 21.1 Å². The fraction of sp³-hybridized carbons (Fsp3) is 0.842. The van der Waals surface area contributed by atoms with E-state index in [2.05, 4.69) is 20.7 Å². The summed E-state index contributed by atoms with van der Waals surface area (Å²) in [5.74, 6) is -1.48. The van der Waals surface area contributed by atoms with E-state index in [4.69, 9.17) is 0 Å². The van der Waals surface area contributed by atoms with E-state index in [9.17, 15) is 27.9 Å². The van der Waals surface area contributed by atoms with Gasteiger partial charge in [0.15, 0.2) is 0 Å². The highest BCUT2D eigenvalue weighted by Crippen LogP contribution is 2.19. The Morgan fingerprint density at radius 3 is 2.37 bits per heavy atom. The number of carboxylic acids is 1. The van der Waals surface area contributed by atoms with E-state index in [1.807, 2.05) is 0 Å². The summed E-state index contributed by atoms with van der Waals surface area (Å²) in [7, 11) is -3.80. The van der Waals surface area contributed by atoms with E-state index < -0.39 is 39.7 Å². The molecule has 1 heterocycles. The average molecular weight is 449 g/mol. The highest BCUT2D eigenvalue weighted by Gasteiger charge is 2.27. The summed E-state index contributed by atoms with van der Waals surface area (Å²) in [4.78, 5) is 35.0. The monoisotopic (exact) mass is 448 g/mol. The molecule has 1 aliphatic rings. The van der Waals surface area contributed by atoms with Crippen molar-refractivity contribution in [2.24, 2.45) is 5.92 Å². The van der Waals surface area contributed by atoms with Crippen molar-refractivity contribution in [2.75, 3.05) is 26.2 Å². The van der Waals surface area contributed by atoms with E-state index in [0.29, 0.717) is 12.8 Å². The molecule has 0 aliphatic carbocycles. The van der Waals surface area contributed by atoms with E-state index in [1.54, 1.807) is 6.92 Å². The van der Waals surface area contributed by atoms with Crippen molar-refractivity contribution in [3.63, 3.8) is 0 Å². The zero-order valence-corrected chi connectivity index (χ0v) is 18.7. The number of hydrogen-bond acceptors (Lipinski definition) is 6. The van der Waals surface area contributed by atoms with Crippen LogP contribution in [-0.4, -0.2) is 68.8 Å². The van der Waals surface area contributed by atoms with Crippen molar-refractivity contribution < 1.29 is 27.9 Å². The van der Waals surface area contributed by atoms with E-state index in [0.717, 1.165) is 38.3 Å². The maximum Gasteiger partial charge on any atom is 0.323 e. The molecule has 11 heteroatoms. The molecule has 30 heavy (non-hydrogen) atoms. The minimum absolute atomic E-state index is 0.234. The zero-order valence-electron chi connectivity index (χ0n) is 17.9. The van der Waals surface area contributed by atoms with E-state index >= 15 is 0 Å². The van der Waals surface area contributed by atoms with Crippen molar-refractivity contribution in [3.05, 3.63) is 0 Å². The van der Waals surface area contributed by atoms with Crippen LogP contribution >= 0.6 is 0 Å². The third kappa shape index (κ3) is 10.4. The minimum Gasteiger partial charge on any atom is -0.480 e. The SMILES string of the molecule is CCC(C)S(=O)(=O)N[C@@H](CNC(=O)CNC(=O)CCCCC1CCNCC1)C(=O)O. The smallest absolute Gasteiger partial charge is 0.323 e. The molecule has 10 nitrogen and oxygen atoms in total. The fourth-order valence-corrected chi connectivity index (χ4v) is 4.40. The standard InChI is InChI=1S/C19H36N4O6S/c1-3-14(2)30(28,29)23-16(19(26)27)12-21-18(25)13-22-17(24)7-5-4-6-15-8-10-20-11-9-15/h14-16,20,23H,3-13H2,1-2H3,(H,21,25)(H,22,24)(H,26,27)/t14?,16-/m0/s1. The van der Waals surface area contributed by atoms with Gasteiger partial charge in [-0.3, -0.25) is 14.4 Å². The molecule has 0 aromatic heterocycles. The topological polar surface area (TPSA) is 154 Å². The lowest BCUT2D eigenvalue weighted by Gasteiger charge is -2.22. The lowest BCUT2D eigenvalue weighted by molar-refractivity contribution is -0.139. The number of nitrogens with one attached hydrogen (secondary N) is 4. The number of amides is 2. The van der Waals surface area contributed by atoms with Crippen LogP contribution in [0, 0.1) is 5.92 Å². The van der Waals surface area contributed by atoms with Crippen LogP contribution in [0.25, 0.3) is 0 Å². The molecule has 2 atom stereocenters. The molecule has 0 aromatic carbocycles. The van der Waals surface area contributed by atoms with Crippen LogP contribution in [0.5, 0.6) is 0 Å². The number of carbonyl (C=O) groups excluding carboxylic acids is 2. The number of carbonyl (C=O) groups is 3. The van der Waals surface area contributed by atoms with Gasteiger partial charge in [-0.25, -0.2) is 8.42 Å². The zero-order chi connectivity index (χ0) is 22.6. The molecule has 2 amide bonds. The highest BCUT2D eigenvalue weighted by atomic mass is 32.2. The van der Waals surface area contributed by atoms with Crippen LogP contribution < -0.4 is 20.7 Å². The summed E-state index contributed by atoms with van der Waals surface area (Å²) >= 11 is 0. The molecule has 174 valence electrons. The third-order valence-electron chi connectivity index (χ3n) is 5.38. The minimum atomic E-state index is -3.80. The second-order valence-electron chi connectivity index (χ2n) is 7.79. The van der Waals surface area contributed by atoms with Gasteiger partial charge in [0.1, 0.15) is 6.04 Å². The van der Waals surface area contributed by atoms with Crippen LogP contribution in [0.2, 0.25) is 0 Å². The summed E-state index contributed by atoms with van der Waals surface area (Å²) in [5, 5.41) is 16.6. The predicted molar refractivity (Wildman–Crippen MR) is 113 cm³/mol. The molecule has 1 saturated heterocycles. The molecular weight excluding hydrogens is 412 g/mol. The van der Waals surface area contributed by atoms with Crippen LogP contribution in [0.4, 0.5) is 0 Å². The maximum absolute atomic E-state index is 12.0. The Balaban J connectivity index is 2.25. The fourth-order valence-electron chi connectivity index (χ4n) is 3.15. The van der Waals surface area contributed by atoms with Crippen LogP contribution in [0.15, 0.2) is 0 Å². The molecule has 5 N–H and O–H groups in total. The van der Waals surface area contributed by atoms with Gasteiger partial charge in [0, 0.05) is 13.0 Å². The maximum atomic E-state index is 12.0. The van der Waals surface area contributed by atoms with Gasteiger partial charge in [-0.05, 0) is 51.6 Å². The van der Waals surface area contributed by atoms with Gasteiger partial charge >= 0.3 is 5.97 Å². The van der Waals surface area contributed by atoms with Crippen LogP contribution in [0.3, 0.4) is 0 Å². The van der Waals surface area contributed by atoms with Gasteiger partial charge in [0.05, 0.1) is 11.8 Å². The van der Waals surface area contributed by atoms with Gasteiger partial charge in [0.25, 0.3) is 0 Å². The molecular formula is C19H36N4O6S. The molecule has 0 saturated carbocycles. The third-order valence-corrected chi connectivity index (χ3v) is 7.39. The lowest BCUT2D eigenvalue weighted by atomic mass is 9.92. The molecule has 1 fully saturated rings. The Morgan fingerprint density at radius 1 is 1.10 bits per heavy atom. The number of sulfonamides is 1. The molecule has 0 bridgehead atoms. The Hall–Kier alpha value is -1.72. The average Bonchev–Trinajstić information content (AvgIpc) is 2.72. The molecule has 0 radical (unpaired) electrons. The van der Waals surface area contributed by atoms with Crippen LogP contribution in [0.1, 0.15) is 58.8 Å². The first kappa shape index (κ1) is 26.3. The van der Waals surface area contributed by atoms with Crippen LogP contribution in [-0.2, 0) is 24.4 Å². The largest absolute Gasteiger partial charge is 0.480 e. The molecule has 1 aliphatic heterocycles. The van der Waals surface area contributed by atoms with E-state index in [-0.39, 0.29) is 12.5 Å². The first-order chi connectivity index (χ1) is 14.2. The summed E-state index contributed by atoms with van der Waals surface area (Å²) in [6.07, 6.45) is 5.87. The van der Waals surface area contributed by atoms with Crippen molar-refractivity contribution in [1.82, 2.24) is 20.7 Å². The quantitative estimate of drug-likeness (QED) is 0.233. The van der Waals surface area contributed by atoms with Gasteiger partial charge in [-0.2, -0.15) is 4.72 Å². The number of rotatable bonds is 14. The first-order valence-corrected chi connectivity index (χ1v) is 12.2. The number of carboxylic acid groups (broad SMARTS) is 1. The summed E-state index contributed by atoms with van der Waals surface area (Å²) < 4.78 is 26.1. The number of hydrogen-bond donors (Lipinski definition) is 5. The normalized spacial score (nSPS) is 17.1. The molecule has 0 aromatic rings. The number of unbranched alkanes of at least 4 members (excludes halogenated alkanes) is 1. The summed E-state index contributed by atoms with van der Waals surface area (Å²) in [5.41, 5.74) is 0. The number of aliphatic carboxylic acids is 1. The van der Waals surface area contributed by atoms with E-state index in [1.165, 1.54) is 19.8 Å². The van der Waals surface area contributed by atoms with Gasteiger partial charge in [-0.1, -0.05) is 19.8 Å². The van der Waals surface area contributed by atoms with Crippen molar-refractivity contribution in [1.29, 1.82) is 0 Å². The molecule has 1 unspecified atom stereocenters. The Labute approximate surface area is 179 Å². The Bertz CT molecular complexity index is 664. The predicted octanol–water partition coefficient (Wildman–Crippen LogP) is -0.0501. The van der Waals surface area contributed by atoms with Crippen molar-refractivity contribution in [2.45, 2.75) is 70.1 Å². The first-order valence-electron chi connectivity index (χ1n) is 10.6. The summed E-state index contributed by atoms with van der Waals surface area (Å²) in [6.45, 7) is 4.58. The van der Waals surface area contributed by atoms with Gasteiger partial charge in [-0.15, -0.1) is 0 Å². The molecule has 1 rings (SSSR count).